The van der Waals surface area contributed by atoms with Gasteiger partial charge in [0.15, 0.2) is 11.5 Å². The Hall–Kier alpha value is -2.20. The fourth-order valence-corrected chi connectivity index (χ4v) is 2.76. The Morgan fingerprint density at radius 2 is 1.70 bits per heavy atom. The number of amides is 1. The fraction of sp³-hybridized carbons (Fsp3) is 0.278. The van der Waals surface area contributed by atoms with Gasteiger partial charge in [-0.05, 0) is 30.7 Å². The van der Waals surface area contributed by atoms with Crippen molar-refractivity contribution in [3.8, 4) is 11.5 Å². The normalized spacial score (nSPS) is 19.3. The highest BCUT2D eigenvalue weighted by Gasteiger charge is 2.35. The number of benzene rings is 2. The van der Waals surface area contributed by atoms with Gasteiger partial charge in [0.1, 0.15) is 6.10 Å². The summed E-state index contributed by atoms with van der Waals surface area (Å²) in [5.41, 5.74) is 0.898. The van der Waals surface area contributed by atoms with Crippen LogP contribution in [0.25, 0.3) is 0 Å². The standard InChI is InChI=1S/C18H18ClNO3/c1-12-17(23-16-10-6-5-9-15(16)22-12)18(21)20(2)11-13-7-3-4-8-14(13)19/h3-10,12,17H,11H2,1-2H3. The number of para-hydroxylation sites is 2. The zero-order valence-corrected chi connectivity index (χ0v) is 13.8. The van der Waals surface area contributed by atoms with Crippen LogP contribution in [0.1, 0.15) is 12.5 Å². The number of carbonyl (C=O) groups excluding carboxylic acids is 1. The number of carbonyl (C=O) groups is 1. The summed E-state index contributed by atoms with van der Waals surface area (Å²) in [5.74, 6) is 1.12. The first-order valence-corrected chi connectivity index (χ1v) is 7.85. The average molecular weight is 332 g/mol. The zero-order chi connectivity index (χ0) is 16.4. The van der Waals surface area contributed by atoms with Gasteiger partial charge in [-0.2, -0.15) is 0 Å². The molecule has 2 atom stereocenters. The number of hydrogen-bond donors (Lipinski definition) is 0. The second kappa shape index (κ2) is 6.50. The van der Waals surface area contributed by atoms with Crippen LogP contribution in [-0.4, -0.2) is 30.1 Å². The van der Waals surface area contributed by atoms with Gasteiger partial charge in [-0.3, -0.25) is 4.79 Å². The lowest BCUT2D eigenvalue weighted by Crippen LogP contribution is -2.49. The van der Waals surface area contributed by atoms with E-state index < -0.39 is 6.10 Å². The summed E-state index contributed by atoms with van der Waals surface area (Å²) in [5, 5.41) is 0.645. The third-order valence-electron chi connectivity index (χ3n) is 3.83. The molecule has 4 nitrogen and oxygen atoms in total. The van der Waals surface area contributed by atoms with Gasteiger partial charge in [-0.15, -0.1) is 0 Å². The summed E-state index contributed by atoms with van der Waals surface area (Å²) >= 11 is 6.16. The van der Waals surface area contributed by atoms with Crippen LogP contribution in [0.5, 0.6) is 11.5 Å². The molecular weight excluding hydrogens is 314 g/mol. The minimum absolute atomic E-state index is 0.132. The van der Waals surface area contributed by atoms with Crippen molar-refractivity contribution in [2.75, 3.05) is 7.05 Å². The van der Waals surface area contributed by atoms with Gasteiger partial charge in [-0.25, -0.2) is 0 Å². The number of hydrogen-bond acceptors (Lipinski definition) is 3. The summed E-state index contributed by atoms with van der Waals surface area (Å²) in [7, 11) is 1.74. The first-order chi connectivity index (χ1) is 11.1. The maximum Gasteiger partial charge on any atom is 0.267 e. The monoisotopic (exact) mass is 331 g/mol. The van der Waals surface area contributed by atoms with Crippen LogP contribution in [0, 0.1) is 0 Å². The molecule has 1 aliphatic heterocycles. The lowest BCUT2D eigenvalue weighted by molar-refractivity contribution is -0.143. The molecule has 0 saturated heterocycles. The molecule has 2 aromatic rings. The third-order valence-corrected chi connectivity index (χ3v) is 4.20. The van der Waals surface area contributed by atoms with Crippen LogP contribution in [-0.2, 0) is 11.3 Å². The third kappa shape index (κ3) is 3.27. The van der Waals surface area contributed by atoms with Gasteiger partial charge < -0.3 is 14.4 Å². The Labute approximate surface area is 140 Å². The van der Waals surface area contributed by atoms with Gasteiger partial charge in [0.25, 0.3) is 5.91 Å². The second-order valence-electron chi connectivity index (χ2n) is 5.59. The molecule has 0 spiro atoms. The maximum absolute atomic E-state index is 12.7. The van der Waals surface area contributed by atoms with E-state index in [1.807, 2.05) is 49.4 Å². The Morgan fingerprint density at radius 3 is 2.39 bits per heavy atom. The van der Waals surface area contributed by atoms with Crippen molar-refractivity contribution in [1.29, 1.82) is 0 Å². The van der Waals surface area contributed by atoms with E-state index >= 15 is 0 Å². The molecule has 23 heavy (non-hydrogen) atoms. The van der Waals surface area contributed by atoms with Crippen LogP contribution in [0.2, 0.25) is 5.02 Å². The van der Waals surface area contributed by atoms with E-state index in [9.17, 15) is 4.79 Å². The fourth-order valence-electron chi connectivity index (χ4n) is 2.57. The summed E-state index contributed by atoms with van der Waals surface area (Å²) in [6.45, 7) is 2.26. The predicted molar refractivity (Wildman–Crippen MR) is 88.9 cm³/mol. The Balaban J connectivity index is 1.74. The molecule has 120 valence electrons. The van der Waals surface area contributed by atoms with E-state index in [0.717, 1.165) is 5.56 Å². The molecule has 0 fully saturated rings. The van der Waals surface area contributed by atoms with Crippen molar-refractivity contribution in [2.24, 2.45) is 0 Å². The second-order valence-corrected chi connectivity index (χ2v) is 6.00. The van der Waals surface area contributed by atoms with E-state index in [4.69, 9.17) is 21.1 Å². The molecular formula is C18H18ClNO3. The van der Waals surface area contributed by atoms with Gasteiger partial charge in [0.2, 0.25) is 6.10 Å². The van der Waals surface area contributed by atoms with Crippen molar-refractivity contribution in [3.63, 3.8) is 0 Å². The van der Waals surface area contributed by atoms with Gasteiger partial charge in [-0.1, -0.05) is 41.9 Å². The number of fused-ring (bicyclic) bond motifs is 1. The summed E-state index contributed by atoms with van der Waals surface area (Å²) in [4.78, 5) is 14.3. The Kier molecular flexibility index (Phi) is 4.44. The lowest BCUT2D eigenvalue weighted by Gasteiger charge is -2.33. The smallest absolute Gasteiger partial charge is 0.267 e. The molecule has 0 N–H and O–H groups in total. The van der Waals surface area contributed by atoms with Crippen molar-refractivity contribution in [2.45, 2.75) is 25.7 Å². The maximum atomic E-state index is 12.7. The molecule has 0 saturated carbocycles. The van der Waals surface area contributed by atoms with E-state index in [1.54, 1.807) is 18.0 Å². The van der Waals surface area contributed by atoms with Crippen molar-refractivity contribution >= 4 is 17.5 Å². The van der Waals surface area contributed by atoms with E-state index in [0.29, 0.717) is 23.1 Å². The topological polar surface area (TPSA) is 38.8 Å². The quantitative estimate of drug-likeness (QED) is 0.863. The van der Waals surface area contributed by atoms with Crippen LogP contribution in [0.4, 0.5) is 0 Å². The highest BCUT2D eigenvalue weighted by Crippen LogP contribution is 2.34. The average Bonchev–Trinajstić information content (AvgIpc) is 2.55. The summed E-state index contributed by atoms with van der Waals surface area (Å²) in [6.07, 6.45) is -1.02. The molecule has 3 rings (SSSR count). The minimum Gasteiger partial charge on any atom is -0.482 e. The molecule has 0 aliphatic carbocycles. The van der Waals surface area contributed by atoms with Crippen LogP contribution >= 0.6 is 11.6 Å². The number of nitrogens with zero attached hydrogens (tertiary/aromatic N) is 1. The zero-order valence-electron chi connectivity index (χ0n) is 13.0. The molecule has 2 unspecified atom stereocenters. The first-order valence-electron chi connectivity index (χ1n) is 7.47. The molecule has 1 aliphatic rings. The summed E-state index contributed by atoms with van der Waals surface area (Å²) < 4.78 is 11.6. The predicted octanol–water partition coefficient (Wildman–Crippen LogP) is 3.53. The molecule has 1 heterocycles. The van der Waals surface area contributed by atoms with Crippen molar-refractivity contribution < 1.29 is 14.3 Å². The highest BCUT2D eigenvalue weighted by atomic mass is 35.5. The Morgan fingerprint density at radius 1 is 1.09 bits per heavy atom. The number of rotatable bonds is 3. The van der Waals surface area contributed by atoms with E-state index in [1.165, 1.54) is 0 Å². The van der Waals surface area contributed by atoms with E-state index in [2.05, 4.69) is 0 Å². The van der Waals surface area contributed by atoms with E-state index in [-0.39, 0.29) is 12.0 Å². The largest absolute Gasteiger partial charge is 0.482 e. The lowest BCUT2D eigenvalue weighted by atomic mass is 10.1. The van der Waals surface area contributed by atoms with Crippen LogP contribution in [0.15, 0.2) is 48.5 Å². The van der Waals surface area contributed by atoms with Gasteiger partial charge >= 0.3 is 0 Å². The van der Waals surface area contributed by atoms with Crippen LogP contribution < -0.4 is 9.47 Å². The SMILES string of the molecule is CC1Oc2ccccc2OC1C(=O)N(C)Cc1ccccc1Cl. The minimum atomic E-state index is -0.669. The van der Waals surface area contributed by atoms with Crippen LogP contribution in [0.3, 0.4) is 0 Å². The number of likely N-dealkylation sites (N-methyl/N-ethyl adjacent to an activating group) is 1. The summed E-state index contributed by atoms with van der Waals surface area (Å²) in [6, 6.07) is 14.9. The number of halogens is 1. The molecule has 2 aromatic carbocycles. The number of ether oxygens (including phenoxy) is 2. The molecule has 0 aromatic heterocycles. The molecule has 1 amide bonds. The molecule has 5 heteroatoms. The first kappa shape index (κ1) is 15.7. The van der Waals surface area contributed by atoms with Gasteiger partial charge in [0, 0.05) is 18.6 Å². The molecule has 0 bridgehead atoms. The van der Waals surface area contributed by atoms with Gasteiger partial charge in [0.05, 0.1) is 0 Å². The van der Waals surface area contributed by atoms with Crippen molar-refractivity contribution in [1.82, 2.24) is 4.90 Å². The highest BCUT2D eigenvalue weighted by molar-refractivity contribution is 6.31. The Bertz CT molecular complexity index is 719. The van der Waals surface area contributed by atoms with Crippen molar-refractivity contribution in [3.05, 3.63) is 59.1 Å². The molecule has 0 radical (unpaired) electrons.